The summed E-state index contributed by atoms with van der Waals surface area (Å²) in [5, 5.41) is 16.4. The Kier molecular flexibility index (Phi) is 3.79. The molecule has 1 heterocycles. The molecule has 0 amide bonds. The summed E-state index contributed by atoms with van der Waals surface area (Å²) in [6.07, 6.45) is 1.40. The van der Waals surface area contributed by atoms with E-state index in [0.29, 0.717) is 6.42 Å². The molecule has 3 rings (SSSR count). The first-order valence-electron chi connectivity index (χ1n) is 6.90. The monoisotopic (exact) mass is 280 g/mol. The third kappa shape index (κ3) is 3.17. The summed E-state index contributed by atoms with van der Waals surface area (Å²) in [7, 11) is 0. The van der Waals surface area contributed by atoms with E-state index in [1.54, 1.807) is 12.3 Å². The number of aromatic nitrogens is 2. The minimum atomic E-state index is -0.640. The predicted octanol–water partition coefficient (Wildman–Crippen LogP) is 2.00. The highest BCUT2D eigenvalue weighted by molar-refractivity contribution is 5.82. The number of nitrogens with zero attached hydrogens (tertiary/aromatic N) is 2. The smallest absolute Gasteiger partial charge is 0.266 e. The minimum absolute atomic E-state index is 0.199. The van der Waals surface area contributed by atoms with Crippen molar-refractivity contribution in [2.75, 3.05) is 0 Å². The summed E-state index contributed by atoms with van der Waals surface area (Å²) < 4.78 is 1.28. The Bertz CT molecular complexity index is 811. The predicted molar refractivity (Wildman–Crippen MR) is 82.2 cm³/mol. The Morgan fingerprint density at radius 3 is 2.67 bits per heavy atom. The minimum Gasteiger partial charge on any atom is -0.391 e. The largest absolute Gasteiger partial charge is 0.391 e. The van der Waals surface area contributed by atoms with Gasteiger partial charge in [-0.25, -0.2) is 4.68 Å². The molecule has 0 spiro atoms. The van der Waals surface area contributed by atoms with Crippen molar-refractivity contribution >= 4 is 10.8 Å². The average molecular weight is 280 g/mol. The van der Waals surface area contributed by atoms with Gasteiger partial charge in [-0.05, 0) is 22.4 Å². The molecular weight excluding hydrogens is 264 g/mol. The zero-order valence-electron chi connectivity index (χ0n) is 11.5. The normalized spacial score (nSPS) is 12.4. The summed E-state index contributed by atoms with van der Waals surface area (Å²) in [5.74, 6) is 0. The molecule has 0 bridgehead atoms. The van der Waals surface area contributed by atoms with Crippen molar-refractivity contribution < 1.29 is 5.11 Å². The summed E-state index contributed by atoms with van der Waals surface area (Å²) in [5.41, 5.74) is 0.847. The highest BCUT2D eigenvalue weighted by Crippen LogP contribution is 2.16. The number of aliphatic hydroxyl groups excluding tert-OH is 1. The van der Waals surface area contributed by atoms with E-state index in [1.807, 2.05) is 24.3 Å². The third-order valence-electron chi connectivity index (χ3n) is 3.45. The van der Waals surface area contributed by atoms with Gasteiger partial charge in [0.25, 0.3) is 5.56 Å². The third-order valence-corrected chi connectivity index (χ3v) is 3.45. The second kappa shape index (κ2) is 5.89. The lowest BCUT2D eigenvalue weighted by atomic mass is 10.0. The number of fused-ring (bicyclic) bond motifs is 1. The fourth-order valence-electron chi connectivity index (χ4n) is 2.43. The van der Waals surface area contributed by atoms with Gasteiger partial charge in [0.1, 0.15) is 0 Å². The Morgan fingerprint density at radius 1 is 1.05 bits per heavy atom. The highest BCUT2D eigenvalue weighted by Gasteiger charge is 2.08. The van der Waals surface area contributed by atoms with Gasteiger partial charge in [-0.15, -0.1) is 0 Å². The first-order valence-corrected chi connectivity index (χ1v) is 6.90. The fraction of sp³-hybridized carbons (Fsp3) is 0.176. The highest BCUT2D eigenvalue weighted by atomic mass is 16.3. The van der Waals surface area contributed by atoms with Crippen molar-refractivity contribution in [3.05, 3.63) is 76.7 Å². The van der Waals surface area contributed by atoms with E-state index in [4.69, 9.17) is 0 Å². The van der Waals surface area contributed by atoms with Gasteiger partial charge in [-0.2, -0.15) is 5.10 Å². The first-order chi connectivity index (χ1) is 10.2. The van der Waals surface area contributed by atoms with Crippen LogP contribution in [0.15, 0.2) is 65.6 Å². The molecule has 2 aromatic carbocycles. The number of rotatable bonds is 4. The molecule has 0 unspecified atom stereocenters. The molecular formula is C17H16N2O2. The summed E-state index contributed by atoms with van der Waals surface area (Å²) in [6, 6.07) is 17.3. The lowest BCUT2D eigenvalue weighted by molar-refractivity contribution is 0.147. The topological polar surface area (TPSA) is 55.1 Å². The second-order valence-electron chi connectivity index (χ2n) is 5.08. The molecule has 1 aromatic heterocycles. The van der Waals surface area contributed by atoms with Crippen LogP contribution in [0.2, 0.25) is 0 Å². The van der Waals surface area contributed by atoms with Crippen LogP contribution in [0.3, 0.4) is 0 Å². The first kappa shape index (κ1) is 13.5. The Morgan fingerprint density at radius 2 is 1.86 bits per heavy atom. The van der Waals surface area contributed by atoms with Crippen LogP contribution in [-0.4, -0.2) is 21.0 Å². The maximum absolute atomic E-state index is 11.6. The molecule has 0 radical (unpaired) electrons. The van der Waals surface area contributed by atoms with E-state index < -0.39 is 6.10 Å². The quantitative estimate of drug-likeness (QED) is 0.795. The lowest BCUT2D eigenvalue weighted by Gasteiger charge is -2.12. The van der Waals surface area contributed by atoms with Crippen molar-refractivity contribution in [1.82, 2.24) is 9.78 Å². The molecule has 0 fully saturated rings. The van der Waals surface area contributed by atoms with E-state index in [1.165, 1.54) is 16.1 Å². The number of hydrogen-bond acceptors (Lipinski definition) is 3. The number of aliphatic hydroxyl groups is 1. The SMILES string of the molecule is O=c1cccnn1C[C@@H](O)Cc1ccc2ccccc2c1. The second-order valence-corrected chi connectivity index (χ2v) is 5.08. The number of benzene rings is 2. The van der Waals surface area contributed by atoms with Gasteiger partial charge in [-0.3, -0.25) is 4.79 Å². The Hall–Kier alpha value is -2.46. The molecule has 21 heavy (non-hydrogen) atoms. The lowest BCUT2D eigenvalue weighted by Crippen LogP contribution is -2.28. The van der Waals surface area contributed by atoms with Crippen molar-refractivity contribution in [3.8, 4) is 0 Å². The van der Waals surface area contributed by atoms with Gasteiger partial charge < -0.3 is 5.11 Å². The molecule has 0 aliphatic rings. The van der Waals surface area contributed by atoms with E-state index in [-0.39, 0.29) is 12.1 Å². The van der Waals surface area contributed by atoms with Gasteiger partial charge in [0.05, 0.1) is 12.6 Å². The van der Waals surface area contributed by atoms with Gasteiger partial charge in [-0.1, -0.05) is 42.5 Å². The van der Waals surface area contributed by atoms with Crippen LogP contribution in [0, 0.1) is 0 Å². The van der Waals surface area contributed by atoms with Crippen LogP contribution in [-0.2, 0) is 13.0 Å². The zero-order chi connectivity index (χ0) is 14.7. The van der Waals surface area contributed by atoms with E-state index in [9.17, 15) is 9.90 Å². The molecule has 106 valence electrons. The summed E-state index contributed by atoms with van der Waals surface area (Å²) in [4.78, 5) is 11.6. The number of hydrogen-bond donors (Lipinski definition) is 1. The molecule has 3 aromatic rings. The van der Waals surface area contributed by atoms with Crippen molar-refractivity contribution in [2.24, 2.45) is 0 Å². The van der Waals surface area contributed by atoms with Crippen molar-refractivity contribution in [1.29, 1.82) is 0 Å². The van der Waals surface area contributed by atoms with Gasteiger partial charge in [0.15, 0.2) is 0 Å². The van der Waals surface area contributed by atoms with Crippen LogP contribution < -0.4 is 5.56 Å². The molecule has 0 saturated heterocycles. The van der Waals surface area contributed by atoms with Gasteiger partial charge in [0, 0.05) is 18.7 Å². The van der Waals surface area contributed by atoms with Crippen LogP contribution in [0.4, 0.5) is 0 Å². The molecule has 1 atom stereocenters. The fourth-order valence-corrected chi connectivity index (χ4v) is 2.43. The van der Waals surface area contributed by atoms with Crippen LogP contribution >= 0.6 is 0 Å². The molecule has 4 heteroatoms. The van der Waals surface area contributed by atoms with Crippen LogP contribution in [0.1, 0.15) is 5.56 Å². The van der Waals surface area contributed by atoms with Crippen molar-refractivity contribution in [3.63, 3.8) is 0 Å². The Labute approximate surface area is 122 Å². The van der Waals surface area contributed by atoms with Gasteiger partial charge in [0.2, 0.25) is 0 Å². The summed E-state index contributed by atoms with van der Waals surface area (Å²) >= 11 is 0. The molecule has 4 nitrogen and oxygen atoms in total. The molecule has 0 aliphatic heterocycles. The van der Waals surface area contributed by atoms with Crippen molar-refractivity contribution in [2.45, 2.75) is 19.1 Å². The molecule has 0 saturated carbocycles. The van der Waals surface area contributed by atoms with Crippen LogP contribution in [0.25, 0.3) is 10.8 Å². The molecule has 1 N–H and O–H groups in total. The van der Waals surface area contributed by atoms with Gasteiger partial charge >= 0.3 is 0 Å². The van der Waals surface area contributed by atoms with E-state index in [0.717, 1.165) is 10.9 Å². The molecule has 0 aliphatic carbocycles. The zero-order valence-corrected chi connectivity index (χ0v) is 11.5. The standard InChI is InChI=1S/C17H16N2O2/c20-16(12-19-17(21)6-3-9-18-19)11-13-7-8-14-4-1-2-5-15(14)10-13/h1-10,16,20H,11-12H2/t16-/m0/s1. The summed E-state index contributed by atoms with van der Waals surface area (Å²) in [6.45, 7) is 0.201. The van der Waals surface area contributed by atoms with Crippen LogP contribution in [0.5, 0.6) is 0 Å². The van der Waals surface area contributed by atoms with E-state index in [2.05, 4.69) is 23.3 Å². The average Bonchev–Trinajstić information content (AvgIpc) is 2.49. The maximum atomic E-state index is 11.6. The van der Waals surface area contributed by atoms with E-state index >= 15 is 0 Å². The Balaban J connectivity index is 1.75. The maximum Gasteiger partial charge on any atom is 0.266 e.